The van der Waals surface area contributed by atoms with E-state index < -0.39 is 40.7 Å². The fourth-order valence-electron chi connectivity index (χ4n) is 2.91. The van der Waals surface area contributed by atoms with E-state index in [2.05, 4.69) is 9.88 Å². The van der Waals surface area contributed by atoms with Crippen LogP contribution in [0.4, 0.5) is 17.6 Å². The third-order valence-electron chi connectivity index (χ3n) is 4.30. The summed E-state index contributed by atoms with van der Waals surface area (Å²) in [5, 5.41) is 8.99. The van der Waals surface area contributed by atoms with Gasteiger partial charge in [-0.3, -0.25) is 9.88 Å². The van der Waals surface area contributed by atoms with Crippen molar-refractivity contribution < 1.29 is 32.5 Å². The molecule has 0 amide bonds. The van der Waals surface area contributed by atoms with Crippen LogP contribution >= 0.6 is 10.9 Å². The molecule has 0 spiro atoms. The first kappa shape index (κ1) is 20.7. The number of carbonyl (C=O) groups is 1. The lowest BCUT2D eigenvalue weighted by atomic mass is 9.86. The average molecular weight is 395 g/mol. The summed E-state index contributed by atoms with van der Waals surface area (Å²) in [5.41, 5.74) is -0.266. The first-order valence-electron chi connectivity index (χ1n) is 8.04. The van der Waals surface area contributed by atoms with Gasteiger partial charge in [-0.25, -0.2) is 20.1 Å². The molecule has 0 saturated heterocycles. The number of aliphatic imine (C=N–C) groups is 1. The van der Waals surface area contributed by atoms with Crippen LogP contribution in [0.5, 0.6) is 0 Å². The largest absolute Gasteiger partial charge is 0.389 e. The van der Waals surface area contributed by atoms with E-state index in [0.717, 1.165) is 5.75 Å². The maximum Gasteiger partial charge on any atom is 0.389 e. The number of benzene rings is 1. The van der Waals surface area contributed by atoms with Gasteiger partial charge >= 0.3 is 12.1 Å². The fraction of sp³-hybridized carbons (Fsp3) is 0.529. The second-order valence-corrected chi connectivity index (χ2v) is 9.15. The lowest BCUT2D eigenvalue weighted by molar-refractivity contribution is -0.183. The molecule has 1 atom stereocenters. The van der Waals surface area contributed by atoms with Crippen molar-refractivity contribution in [2.24, 2.45) is 4.99 Å². The summed E-state index contributed by atoms with van der Waals surface area (Å²) in [6.45, 7) is 4.30. The van der Waals surface area contributed by atoms with Gasteiger partial charge in [0.1, 0.15) is 5.82 Å². The van der Waals surface area contributed by atoms with E-state index in [-0.39, 0.29) is 12.0 Å². The van der Waals surface area contributed by atoms with E-state index in [9.17, 15) is 22.4 Å². The number of nitrogens with zero attached hydrogens (tertiary/aromatic N) is 1. The van der Waals surface area contributed by atoms with Crippen molar-refractivity contribution in [3.8, 4) is 0 Å². The Morgan fingerprint density at radius 3 is 2.62 bits per heavy atom. The monoisotopic (exact) mass is 395 g/mol. The summed E-state index contributed by atoms with van der Waals surface area (Å²) in [6.07, 6.45) is -5.17. The molecule has 1 aromatic rings. The summed E-state index contributed by atoms with van der Waals surface area (Å²) in [7, 11) is -0.810. The van der Waals surface area contributed by atoms with E-state index in [1.807, 2.05) is 13.8 Å². The highest BCUT2D eigenvalue weighted by Gasteiger charge is 2.32. The summed E-state index contributed by atoms with van der Waals surface area (Å²) in [6, 6.07) is 3.99. The van der Waals surface area contributed by atoms with Crippen LogP contribution in [0.15, 0.2) is 23.2 Å². The van der Waals surface area contributed by atoms with Crippen molar-refractivity contribution in [1.82, 2.24) is 0 Å². The number of rotatable bonds is 6. The number of halogens is 4. The van der Waals surface area contributed by atoms with E-state index in [1.165, 1.54) is 12.1 Å². The van der Waals surface area contributed by atoms with E-state index >= 15 is 0 Å². The molecule has 0 bridgehead atoms. The van der Waals surface area contributed by atoms with Crippen LogP contribution in [-0.2, 0) is 10.3 Å². The molecule has 146 valence electrons. The average Bonchev–Trinajstić information content (AvgIpc) is 2.98. The Hall–Kier alpha value is -1.61. The maximum absolute atomic E-state index is 14.1. The van der Waals surface area contributed by atoms with Gasteiger partial charge in [0.2, 0.25) is 0 Å². The zero-order valence-electron chi connectivity index (χ0n) is 14.4. The van der Waals surface area contributed by atoms with Gasteiger partial charge in [-0.2, -0.15) is 18.4 Å². The number of hydrogen-bond donors (Lipinski definition) is 2. The standard InChI is InChI=1S/C17H21F4NO3S/c1-16(2,11-3-4-12(13(18)9-11)15(23)25-24)10-26-8-7-22-14(26)5-6-17(19,20)21/h3-4,9,24,26H,5-8,10H2,1-2H3. The summed E-state index contributed by atoms with van der Waals surface area (Å²) < 4.78 is 51.5. The minimum absolute atomic E-state index is 0.0824. The van der Waals surface area contributed by atoms with Crippen molar-refractivity contribution in [2.75, 3.05) is 18.1 Å². The van der Waals surface area contributed by atoms with Crippen LogP contribution in [0.25, 0.3) is 0 Å². The Morgan fingerprint density at radius 1 is 1.35 bits per heavy atom. The highest BCUT2D eigenvalue weighted by atomic mass is 32.2. The quantitative estimate of drug-likeness (QED) is 0.323. The molecule has 0 aromatic heterocycles. The SMILES string of the molecule is CC(C)(C[SH]1CCN=C1CCC(F)(F)F)c1ccc(C(=O)OO)c(F)c1. The lowest BCUT2D eigenvalue weighted by Gasteiger charge is -2.31. The van der Waals surface area contributed by atoms with Crippen LogP contribution < -0.4 is 0 Å². The van der Waals surface area contributed by atoms with Gasteiger partial charge in [-0.05, 0) is 34.6 Å². The van der Waals surface area contributed by atoms with E-state index in [1.54, 1.807) is 6.07 Å². The summed E-state index contributed by atoms with van der Waals surface area (Å²) in [4.78, 5) is 19.0. The minimum atomic E-state index is -4.21. The Kier molecular flexibility index (Phi) is 6.33. The topological polar surface area (TPSA) is 58.9 Å². The minimum Gasteiger partial charge on any atom is -0.295 e. The molecule has 26 heavy (non-hydrogen) atoms. The zero-order valence-corrected chi connectivity index (χ0v) is 15.3. The summed E-state index contributed by atoms with van der Waals surface area (Å²) >= 11 is 0. The Labute approximate surface area is 151 Å². The van der Waals surface area contributed by atoms with Crippen LogP contribution in [0.2, 0.25) is 0 Å². The number of thiol groups is 1. The van der Waals surface area contributed by atoms with Crippen molar-refractivity contribution in [3.63, 3.8) is 0 Å². The van der Waals surface area contributed by atoms with Crippen LogP contribution in [0.3, 0.4) is 0 Å². The second kappa shape index (κ2) is 7.96. The molecule has 1 N–H and O–H groups in total. The molecule has 1 unspecified atom stereocenters. The molecule has 0 fully saturated rings. The molecule has 4 nitrogen and oxygen atoms in total. The van der Waals surface area contributed by atoms with Crippen molar-refractivity contribution in [1.29, 1.82) is 0 Å². The van der Waals surface area contributed by atoms with Crippen LogP contribution in [0.1, 0.15) is 42.6 Å². The van der Waals surface area contributed by atoms with Gasteiger partial charge in [0, 0.05) is 24.4 Å². The van der Waals surface area contributed by atoms with Crippen LogP contribution in [-0.4, -0.2) is 40.5 Å². The Morgan fingerprint density at radius 2 is 2.04 bits per heavy atom. The van der Waals surface area contributed by atoms with Crippen LogP contribution in [0, 0.1) is 5.82 Å². The second-order valence-electron chi connectivity index (χ2n) is 6.79. The lowest BCUT2D eigenvalue weighted by Crippen LogP contribution is -2.25. The van der Waals surface area contributed by atoms with Gasteiger partial charge < -0.3 is 0 Å². The predicted molar refractivity (Wildman–Crippen MR) is 93.8 cm³/mol. The molecule has 1 aliphatic rings. The summed E-state index contributed by atoms with van der Waals surface area (Å²) in [5.74, 6) is -0.681. The molecular weight excluding hydrogens is 374 g/mol. The highest BCUT2D eigenvalue weighted by Crippen LogP contribution is 2.42. The smallest absolute Gasteiger partial charge is 0.295 e. The maximum atomic E-state index is 14.1. The van der Waals surface area contributed by atoms with E-state index in [4.69, 9.17) is 5.26 Å². The third kappa shape index (κ3) is 5.20. The normalized spacial score (nSPS) is 19.3. The van der Waals surface area contributed by atoms with Gasteiger partial charge in [0.25, 0.3) is 0 Å². The molecule has 0 radical (unpaired) electrons. The Bertz CT molecular complexity index is 704. The fourth-order valence-corrected chi connectivity index (χ4v) is 5.71. The molecule has 1 aromatic carbocycles. The highest BCUT2D eigenvalue weighted by molar-refractivity contribution is 8.30. The Balaban J connectivity index is 2.11. The number of alkyl halides is 3. The van der Waals surface area contributed by atoms with Crippen molar-refractivity contribution in [3.05, 3.63) is 35.1 Å². The van der Waals surface area contributed by atoms with Gasteiger partial charge in [0.15, 0.2) is 0 Å². The van der Waals surface area contributed by atoms with Gasteiger partial charge in [0.05, 0.1) is 5.56 Å². The third-order valence-corrected chi connectivity index (χ3v) is 7.31. The molecule has 0 saturated carbocycles. The van der Waals surface area contributed by atoms with E-state index in [0.29, 0.717) is 22.9 Å². The molecule has 0 aliphatic carbocycles. The van der Waals surface area contributed by atoms with Gasteiger partial charge in [-0.1, -0.05) is 19.9 Å². The number of hydrogen-bond acceptors (Lipinski definition) is 4. The molecule has 1 heterocycles. The first-order chi connectivity index (χ1) is 12.0. The van der Waals surface area contributed by atoms with Gasteiger partial charge in [-0.15, -0.1) is 0 Å². The van der Waals surface area contributed by atoms with Crippen molar-refractivity contribution in [2.45, 2.75) is 38.3 Å². The number of carbonyl (C=O) groups excluding carboxylic acids is 1. The molecular formula is C17H21F4NO3S. The predicted octanol–water partition coefficient (Wildman–Crippen LogP) is 4.49. The molecule has 9 heteroatoms. The zero-order chi connectivity index (χ0) is 19.5. The van der Waals surface area contributed by atoms with Crippen molar-refractivity contribution >= 4 is 21.9 Å². The molecule has 1 aliphatic heterocycles. The first-order valence-corrected chi connectivity index (χ1v) is 9.75. The molecule has 2 rings (SSSR count).